The molecule has 2 unspecified atom stereocenters. The van der Waals surface area contributed by atoms with Gasteiger partial charge < -0.3 is 4.74 Å². The van der Waals surface area contributed by atoms with E-state index in [1.54, 1.807) is 0 Å². The van der Waals surface area contributed by atoms with Gasteiger partial charge in [0.2, 0.25) is 0 Å². The summed E-state index contributed by atoms with van der Waals surface area (Å²) < 4.78 is 4.83. The van der Waals surface area contributed by atoms with Crippen LogP contribution in [0.25, 0.3) is 0 Å². The first kappa shape index (κ1) is 9.50. The standard InChI is InChI=1S/C12H16O2/c1-3-4-10-8-5-6-9(7-8)11(10)12(13)14-2/h5-6,8-9H,3-4,7H2,1-2H3. The third-order valence-electron chi connectivity index (χ3n) is 3.17. The molecule has 0 aromatic rings. The molecule has 0 aliphatic heterocycles. The molecule has 2 heteroatoms. The summed E-state index contributed by atoms with van der Waals surface area (Å²) in [4.78, 5) is 11.6. The highest BCUT2D eigenvalue weighted by atomic mass is 16.5. The number of fused-ring (bicyclic) bond motifs is 2. The zero-order chi connectivity index (χ0) is 10.1. The van der Waals surface area contributed by atoms with Crippen molar-refractivity contribution in [2.45, 2.75) is 26.2 Å². The van der Waals surface area contributed by atoms with E-state index in [-0.39, 0.29) is 5.97 Å². The summed E-state index contributed by atoms with van der Waals surface area (Å²) in [5, 5.41) is 0. The Hall–Kier alpha value is -1.05. The van der Waals surface area contributed by atoms with E-state index in [0.29, 0.717) is 11.8 Å². The fourth-order valence-corrected chi connectivity index (χ4v) is 2.59. The Morgan fingerprint density at radius 3 is 2.86 bits per heavy atom. The Balaban J connectivity index is 2.28. The molecular weight excluding hydrogens is 176 g/mol. The molecule has 2 nitrogen and oxygen atoms in total. The van der Waals surface area contributed by atoms with E-state index in [1.807, 2.05) is 0 Å². The number of hydrogen-bond donors (Lipinski definition) is 0. The second-order valence-electron chi connectivity index (χ2n) is 4.01. The second-order valence-corrected chi connectivity index (χ2v) is 4.01. The van der Waals surface area contributed by atoms with Crippen LogP contribution < -0.4 is 0 Å². The Kier molecular flexibility index (Phi) is 2.44. The van der Waals surface area contributed by atoms with Crippen LogP contribution in [0.15, 0.2) is 23.3 Å². The molecule has 0 fully saturated rings. The van der Waals surface area contributed by atoms with Crippen LogP contribution in [-0.4, -0.2) is 13.1 Å². The van der Waals surface area contributed by atoms with E-state index < -0.39 is 0 Å². The highest BCUT2D eigenvalue weighted by molar-refractivity contribution is 5.91. The number of carbonyl (C=O) groups excluding carboxylic acids is 1. The summed E-state index contributed by atoms with van der Waals surface area (Å²) in [5.41, 5.74) is 2.27. The van der Waals surface area contributed by atoms with Crippen LogP contribution in [0.1, 0.15) is 26.2 Å². The first-order chi connectivity index (χ1) is 6.77. The van der Waals surface area contributed by atoms with Crippen molar-refractivity contribution in [3.63, 3.8) is 0 Å². The van der Waals surface area contributed by atoms with E-state index in [2.05, 4.69) is 19.1 Å². The van der Waals surface area contributed by atoms with Gasteiger partial charge in [0.25, 0.3) is 0 Å². The largest absolute Gasteiger partial charge is 0.466 e. The van der Waals surface area contributed by atoms with Gasteiger partial charge in [0.15, 0.2) is 0 Å². The minimum absolute atomic E-state index is 0.120. The molecule has 0 amide bonds. The molecule has 2 aliphatic carbocycles. The molecule has 2 aliphatic rings. The monoisotopic (exact) mass is 192 g/mol. The Morgan fingerprint density at radius 1 is 1.50 bits per heavy atom. The fraction of sp³-hybridized carbons (Fsp3) is 0.583. The van der Waals surface area contributed by atoms with E-state index in [9.17, 15) is 4.79 Å². The van der Waals surface area contributed by atoms with Crippen molar-refractivity contribution in [1.29, 1.82) is 0 Å². The van der Waals surface area contributed by atoms with Crippen molar-refractivity contribution in [1.82, 2.24) is 0 Å². The van der Waals surface area contributed by atoms with Crippen molar-refractivity contribution in [2.24, 2.45) is 11.8 Å². The highest BCUT2D eigenvalue weighted by Crippen LogP contribution is 2.45. The van der Waals surface area contributed by atoms with Gasteiger partial charge in [0.05, 0.1) is 7.11 Å². The lowest BCUT2D eigenvalue weighted by molar-refractivity contribution is -0.136. The van der Waals surface area contributed by atoms with E-state index in [1.165, 1.54) is 12.7 Å². The smallest absolute Gasteiger partial charge is 0.334 e. The molecule has 14 heavy (non-hydrogen) atoms. The number of rotatable bonds is 3. The number of hydrogen-bond acceptors (Lipinski definition) is 2. The number of methoxy groups -OCH3 is 1. The highest BCUT2D eigenvalue weighted by Gasteiger charge is 2.38. The van der Waals surface area contributed by atoms with Crippen molar-refractivity contribution >= 4 is 5.97 Å². The Labute approximate surface area is 84.6 Å². The minimum atomic E-state index is -0.120. The summed E-state index contributed by atoms with van der Waals surface area (Å²) in [6, 6.07) is 0. The predicted octanol–water partition coefficient (Wildman–Crippen LogP) is 2.46. The maximum absolute atomic E-state index is 11.6. The van der Waals surface area contributed by atoms with Gasteiger partial charge in [-0.05, 0) is 18.8 Å². The number of ether oxygens (including phenoxy) is 1. The van der Waals surface area contributed by atoms with Crippen molar-refractivity contribution in [2.75, 3.05) is 7.11 Å². The lowest BCUT2D eigenvalue weighted by Crippen LogP contribution is -2.12. The first-order valence-electron chi connectivity index (χ1n) is 5.27. The molecule has 0 saturated carbocycles. The van der Waals surface area contributed by atoms with Gasteiger partial charge in [-0.2, -0.15) is 0 Å². The van der Waals surface area contributed by atoms with Crippen LogP contribution in [0.4, 0.5) is 0 Å². The third kappa shape index (κ3) is 1.29. The maximum atomic E-state index is 11.6. The normalized spacial score (nSPS) is 28.7. The molecule has 0 saturated heterocycles. The number of allylic oxidation sites excluding steroid dienone is 3. The molecule has 76 valence electrons. The van der Waals surface area contributed by atoms with E-state index >= 15 is 0 Å². The van der Waals surface area contributed by atoms with Crippen LogP contribution in [-0.2, 0) is 9.53 Å². The minimum Gasteiger partial charge on any atom is -0.466 e. The van der Waals surface area contributed by atoms with E-state index in [4.69, 9.17) is 4.74 Å². The van der Waals surface area contributed by atoms with Crippen molar-refractivity contribution in [3.05, 3.63) is 23.3 Å². The number of esters is 1. The average molecular weight is 192 g/mol. The lowest BCUT2D eigenvalue weighted by atomic mass is 9.94. The first-order valence-corrected chi connectivity index (χ1v) is 5.27. The molecule has 0 aromatic carbocycles. The summed E-state index contributed by atoms with van der Waals surface area (Å²) in [6.45, 7) is 2.15. The number of carbonyl (C=O) groups is 1. The van der Waals surface area contributed by atoms with Gasteiger partial charge in [-0.25, -0.2) is 4.79 Å². The molecule has 0 aromatic heterocycles. The zero-order valence-electron chi connectivity index (χ0n) is 8.75. The van der Waals surface area contributed by atoms with Gasteiger partial charge in [-0.3, -0.25) is 0 Å². The quantitative estimate of drug-likeness (QED) is 0.507. The maximum Gasteiger partial charge on any atom is 0.334 e. The summed E-state index contributed by atoms with van der Waals surface area (Å²) >= 11 is 0. The van der Waals surface area contributed by atoms with Gasteiger partial charge in [-0.15, -0.1) is 0 Å². The molecule has 2 rings (SSSR count). The predicted molar refractivity (Wildman–Crippen MR) is 54.7 cm³/mol. The second kappa shape index (κ2) is 3.60. The van der Waals surface area contributed by atoms with Gasteiger partial charge in [0, 0.05) is 11.5 Å². The molecule has 2 bridgehead atoms. The molecule has 0 N–H and O–H groups in total. The molecule has 0 radical (unpaired) electrons. The third-order valence-corrected chi connectivity index (χ3v) is 3.17. The van der Waals surface area contributed by atoms with Crippen molar-refractivity contribution < 1.29 is 9.53 Å². The van der Waals surface area contributed by atoms with Crippen molar-refractivity contribution in [3.8, 4) is 0 Å². The van der Waals surface area contributed by atoms with Crippen LogP contribution in [0.3, 0.4) is 0 Å². The fourth-order valence-electron chi connectivity index (χ4n) is 2.59. The molecule has 0 heterocycles. The topological polar surface area (TPSA) is 26.3 Å². The van der Waals surface area contributed by atoms with Crippen LogP contribution in [0.5, 0.6) is 0 Å². The van der Waals surface area contributed by atoms with Gasteiger partial charge in [0.1, 0.15) is 0 Å². The van der Waals surface area contributed by atoms with E-state index in [0.717, 1.165) is 24.8 Å². The van der Waals surface area contributed by atoms with Gasteiger partial charge >= 0.3 is 5.97 Å². The summed E-state index contributed by atoms with van der Waals surface area (Å²) in [7, 11) is 1.47. The molecule has 2 atom stereocenters. The zero-order valence-corrected chi connectivity index (χ0v) is 8.75. The molecule has 0 spiro atoms. The van der Waals surface area contributed by atoms with Crippen LogP contribution in [0, 0.1) is 11.8 Å². The average Bonchev–Trinajstić information content (AvgIpc) is 2.77. The summed E-state index contributed by atoms with van der Waals surface area (Å²) in [5.74, 6) is 0.744. The lowest BCUT2D eigenvalue weighted by Gasteiger charge is -2.13. The molecular formula is C12H16O2. The van der Waals surface area contributed by atoms with Crippen LogP contribution >= 0.6 is 0 Å². The van der Waals surface area contributed by atoms with Gasteiger partial charge in [-0.1, -0.05) is 31.1 Å². The van der Waals surface area contributed by atoms with Crippen LogP contribution in [0.2, 0.25) is 0 Å². The Bertz CT molecular complexity index is 312. The summed E-state index contributed by atoms with van der Waals surface area (Å²) in [6.07, 6.45) is 7.63. The Morgan fingerprint density at radius 2 is 2.21 bits per heavy atom. The SMILES string of the molecule is CCCC1=C(C(=O)OC)C2C=CC1C2.